The molecule has 2 N–H and O–H groups in total. The summed E-state index contributed by atoms with van der Waals surface area (Å²) in [7, 11) is 0. The lowest BCUT2D eigenvalue weighted by atomic mass is 9.88. The smallest absolute Gasteiger partial charge is 0.143 e. The Hall–Kier alpha value is -1.22. The van der Waals surface area contributed by atoms with E-state index in [1.165, 1.54) is 16.8 Å². The second-order valence-electron chi connectivity index (χ2n) is 5.48. The molecule has 0 unspecified atom stereocenters. The minimum atomic E-state index is 0. The molecule has 0 saturated carbocycles. The third kappa shape index (κ3) is 2.57. The van der Waals surface area contributed by atoms with Crippen molar-refractivity contribution in [3.8, 4) is 5.75 Å². The van der Waals surface area contributed by atoms with Gasteiger partial charge >= 0.3 is 0 Å². The van der Waals surface area contributed by atoms with Crippen molar-refractivity contribution in [1.29, 1.82) is 0 Å². The summed E-state index contributed by atoms with van der Waals surface area (Å²) in [5.41, 5.74) is 5.75. The molecule has 19 heavy (non-hydrogen) atoms. The predicted molar refractivity (Wildman–Crippen MR) is 81.5 cm³/mol. The second kappa shape index (κ2) is 5.83. The number of anilines is 1. The Morgan fingerprint density at radius 3 is 2.74 bits per heavy atom. The molecular formula is C16H26N2O. The highest BCUT2D eigenvalue weighted by Gasteiger charge is 2.23. The van der Waals surface area contributed by atoms with Crippen LogP contribution in [0.25, 0.3) is 0 Å². The van der Waals surface area contributed by atoms with Crippen LogP contribution in [0.3, 0.4) is 0 Å². The number of benzene rings is 1. The molecule has 3 rings (SSSR count). The first-order valence-corrected chi connectivity index (χ1v) is 7.03. The third-order valence-electron chi connectivity index (χ3n) is 3.90. The van der Waals surface area contributed by atoms with Crippen molar-refractivity contribution in [3.63, 3.8) is 0 Å². The molecule has 2 aliphatic heterocycles. The summed E-state index contributed by atoms with van der Waals surface area (Å²) in [5.74, 6) is 1.60. The van der Waals surface area contributed by atoms with Gasteiger partial charge < -0.3 is 15.4 Å². The van der Waals surface area contributed by atoms with Crippen molar-refractivity contribution in [1.82, 2.24) is 5.32 Å². The number of fused-ring (bicyclic) bond motifs is 2. The molecule has 0 aliphatic carbocycles. The molecule has 0 fully saturated rings. The number of ether oxygens (including phenoxy) is 1. The standard InChI is InChI=1S/C15H22N2O.CH4/c1-10(2)14-12-4-6-16-5-3-11(12)9-13-15(14)17-7-8-18-13;/h9-10,16-17H,3-8H2,1-2H3;1H4. The predicted octanol–water partition coefficient (Wildman–Crippen LogP) is 2.94. The molecule has 1 aromatic carbocycles. The largest absolute Gasteiger partial charge is 0.490 e. The quantitative estimate of drug-likeness (QED) is 0.816. The molecule has 0 saturated heterocycles. The number of hydrogen-bond donors (Lipinski definition) is 2. The van der Waals surface area contributed by atoms with Crippen LogP contribution < -0.4 is 15.4 Å². The normalized spacial score (nSPS) is 17.4. The van der Waals surface area contributed by atoms with Crippen LogP contribution in [0.15, 0.2) is 6.07 Å². The monoisotopic (exact) mass is 262 g/mol. The minimum absolute atomic E-state index is 0. The summed E-state index contributed by atoms with van der Waals surface area (Å²) in [6, 6.07) is 2.26. The molecule has 0 atom stereocenters. The van der Waals surface area contributed by atoms with Crippen LogP contribution in [0.4, 0.5) is 5.69 Å². The van der Waals surface area contributed by atoms with Crippen LogP contribution in [0.5, 0.6) is 5.75 Å². The van der Waals surface area contributed by atoms with Crippen molar-refractivity contribution >= 4 is 5.69 Å². The lowest BCUT2D eigenvalue weighted by molar-refractivity contribution is 0.322. The fraction of sp³-hybridized carbons (Fsp3) is 0.625. The maximum Gasteiger partial charge on any atom is 0.143 e. The van der Waals surface area contributed by atoms with E-state index in [9.17, 15) is 0 Å². The Bertz CT molecular complexity index is 455. The van der Waals surface area contributed by atoms with E-state index in [0.29, 0.717) is 5.92 Å². The third-order valence-corrected chi connectivity index (χ3v) is 3.90. The van der Waals surface area contributed by atoms with E-state index in [1.807, 2.05) is 0 Å². The van der Waals surface area contributed by atoms with Crippen LogP contribution in [-0.2, 0) is 12.8 Å². The molecule has 2 heterocycles. The van der Waals surface area contributed by atoms with E-state index in [2.05, 4.69) is 30.5 Å². The summed E-state index contributed by atoms with van der Waals surface area (Å²) in [6.07, 6.45) is 2.25. The molecule has 1 aromatic rings. The minimum Gasteiger partial charge on any atom is -0.490 e. The fourth-order valence-corrected chi connectivity index (χ4v) is 3.12. The fourth-order valence-electron chi connectivity index (χ4n) is 3.12. The summed E-state index contributed by atoms with van der Waals surface area (Å²) in [5, 5.41) is 7.03. The van der Waals surface area contributed by atoms with E-state index in [-0.39, 0.29) is 7.43 Å². The zero-order chi connectivity index (χ0) is 12.5. The number of nitrogens with one attached hydrogen (secondary N) is 2. The van der Waals surface area contributed by atoms with E-state index in [4.69, 9.17) is 4.74 Å². The van der Waals surface area contributed by atoms with E-state index in [1.54, 1.807) is 5.56 Å². The van der Waals surface area contributed by atoms with Crippen LogP contribution in [0.1, 0.15) is 43.9 Å². The topological polar surface area (TPSA) is 33.3 Å². The van der Waals surface area contributed by atoms with Gasteiger partial charge in [-0.1, -0.05) is 21.3 Å². The summed E-state index contributed by atoms with van der Waals surface area (Å²) < 4.78 is 5.84. The van der Waals surface area contributed by atoms with Crippen molar-refractivity contribution in [2.45, 2.75) is 40.0 Å². The first-order chi connectivity index (χ1) is 8.77. The van der Waals surface area contributed by atoms with Crippen LogP contribution >= 0.6 is 0 Å². The average molecular weight is 262 g/mol. The van der Waals surface area contributed by atoms with Gasteiger partial charge in [0.2, 0.25) is 0 Å². The van der Waals surface area contributed by atoms with Gasteiger partial charge in [0.1, 0.15) is 12.4 Å². The first kappa shape index (κ1) is 14.2. The highest BCUT2D eigenvalue weighted by Crippen LogP contribution is 2.40. The molecule has 3 nitrogen and oxygen atoms in total. The Labute approximate surface area is 116 Å². The van der Waals surface area contributed by atoms with Crippen LogP contribution in [0, 0.1) is 0 Å². The molecule has 0 bridgehead atoms. The van der Waals surface area contributed by atoms with Crippen molar-refractivity contribution < 1.29 is 4.74 Å². The van der Waals surface area contributed by atoms with Gasteiger partial charge in [-0.3, -0.25) is 0 Å². The summed E-state index contributed by atoms with van der Waals surface area (Å²) in [6.45, 7) is 8.43. The van der Waals surface area contributed by atoms with Gasteiger partial charge in [0.05, 0.1) is 5.69 Å². The van der Waals surface area contributed by atoms with Gasteiger partial charge in [-0.05, 0) is 54.6 Å². The molecule has 0 spiro atoms. The second-order valence-corrected chi connectivity index (χ2v) is 5.48. The first-order valence-electron chi connectivity index (χ1n) is 7.03. The van der Waals surface area contributed by atoms with E-state index >= 15 is 0 Å². The SMILES string of the molecule is C.CC(C)c1c2c(cc3c1NCCO3)CCNCC2. The Balaban J connectivity index is 0.00000133. The van der Waals surface area contributed by atoms with Crippen molar-refractivity contribution in [2.24, 2.45) is 0 Å². The molecular weight excluding hydrogens is 236 g/mol. The van der Waals surface area contributed by atoms with Crippen molar-refractivity contribution in [2.75, 3.05) is 31.6 Å². The lowest BCUT2D eigenvalue weighted by Crippen LogP contribution is -2.21. The zero-order valence-electron chi connectivity index (χ0n) is 11.3. The van der Waals surface area contributed by atoms with Gasteiger partial charge in [0.25, 0.3) is 0 Å². The highest BCUT2D eigenvalue weighted by molar-refractivity contribution is 5.68. The molecule has 106 valence electrons. The van der Waals surface area contributed by atoms with Crippen LogP contribution in [-0.4, -0.2) is 26.2 Å². The number of hydrogen-bond acceptors (Lipinski definition) is 3. The molecule has 0 radical (unpaired) electrons. The van der Waals surface area contributed by atoms with E-state index in [0.717, 1.165) is 44.8 Å². The Morgan fingerprint density at radius 1 is 1.16 bits per heavy atom. The Morgan fingerprint density at radius 2 is 1.95 bits per heavy atom. The maximum absolute atomic E-state index is 5.84. The summed E-state index contributed by atoms with van der Waals surface area (Å²) >= 11 is 0. The lowest BCUT2D eigenvalue weighted by Gasteiger charge is -2.27. The van der Waals surface area contributed by atoms with Crippen LogP contribution in [0.2, 0.25) is 0 Å². The molecule has 3 heteroatoms. The van der Waals surface area contributed by atoms with Gasteiger partial charge in [0, 0.05) is 6.54 Å². The van der Waals surface area contributed by atoms with Gasteiger partial charge in [-0.15, -0.1) is 0 Å². The molecule has 0 amide bonds. The summed E-state index contributed by atoms with van der Waals surface area (Å²) in [4.78, 5) is 0. The molecule has 2 aliphatic rings. The average Bonchev–Trinajstić information content (AvgIpc) is 2.60. The van der Waals surface area contributed by atoms with Gasteiger partial charge in [0.15, 0.2) is 0 Å². The van der Waals surface area contributed by atoms with Gasteiger partial charge in [-0.25, -0.2) is 0 Å². The Kier molecular flexibility index (Phi) is 4.35. The van der Waals surface area contributed by atoms with Gasteiger partial charge in [-0.2, -0.15) is 0 Å². The van der Waals surface area contributed by atoms with Crippen molar-refractivity contribution in [3.05, 3.63) is 22.8 Å². The maximum atomic E-state index is 5.84. The number of rotatable bonds is 1. The zero-order valence-corrected chi connectivity index (χ0v) is 11.3. The highest BCUT2D eigenvalue weighted by atomic mass is 16.5. The molecule has 0 aromatic heterocycles. The van der Waals surface area contributed by atoms with E-state index < -0.39 is 0 Å².